The average Bonchev–Trinajstić information content (AvgIpc) is 3.69. The Kier molecular flexibility index (Phi) is 8.79. The van der Waals surface area contributed by atoms with E-state index in [0.29, 0.717) is 5.82 Å². The van der Waals surface area contributed by atoms with Crippen molar-refractivity contribution in [2.75, 3.05) is 0 Å². The second-order valence-corrected chi connectivity index (χ2v) is 16.0. The summed E-state index contributed by atoms with van der Waals surface area (Å²) in [5, 5.41) is 5.87. The molecule has 12 aromatic rings. The average molecular weight is 803 g/mol. The first-order valence-corrected chi connectivity index (χ1v) is 21.3. The minimum atomic E-state index is 0.695. The molecule has 3 heterocycles. The Morgan fingerprint density at radius 3 is 1.57 bits per heavy atom. The topological polar surface area (TPSA) is 43.6 Å². The normalized spacial score (nSPS) is 11.5. The number of rotatable bonds is 7. The summed E-state index contributed by atoms with van der Waals surface area (Å²) < 4.78 is 2.39. The van der Waals surface area contributed by atoms with E-state index >= 15 is 0 Å². The van der Waals surface area contributed by atoms with E-state index in [-0.39, 0.29) is 0 Å². The van der Waals surface area contributed by atoms with Gasteiger partial charge in [0.15, 0.2) is 5.82 Å². The number of para-hydroxylation sites is 2. The molecule has 0 bridgehead atoms. The van der Waals surface area contributed by atoms with Crippen molar-refractivity contribution in [2.24, 2.45) is 0 Å². The van der Waals surface area contributed by atoms with Gasteiger partial charge in [-0.05, 0) is 76.2 Å². The molecular formula is C59H38N4. The van der Waals surface area contributed by atoms with Crippen LogP contribution in [0.2, 0.25) is 0 Å². The fourth-order valence-corrected chi connectivity index (χ4v) is 9.10. The smallest absolute Gasteiger partial charge is 0.160 e. The second kappa shape index (κ2) is 15.2. The zero-order valence-corrected chi connectivity index (χ0v) is 34.2. The van der Waals surface area contributed by atoms with Crippen LogP contribution in [0.25, 0.3) is 117 Å². The summed E-state index contributed by atoms with van der Waals surface area (Å²) in [4.78, 5) is 15.7. The van der Waals surface area contributed by atoms with Crippen LogP contribution >= 0.6 is 0 Å². The number of nitrogens with zero attached hydrogens (tertiary/aromatic N) is 4. The van der Waals surface area contributed by atoms with E-state index in [9.17, 15) is 0 Å². The molecule has 0 N–H and O–H groups in total. The van der Waals surface area contributed by atoms with Crippen LogP contribution in [0, 0.1) is 0 Å². The van der Waals surface area contributed by atoms with Crippen molar-refractivity contribution in [2.45, 2.75) is 0 Å². The molecule has 0 radical (unpaired) electrons. The lowest BCUT2D eigenvalue weighted by molar-refractivity contribution is 1.18. The van der Waals surface area contributed by atoms with Gasteiger partial charge in [-0.3, -0.25) is 0 Å². The van der Waals surface area contributed by atoms with E-state index in [1.54, 1.807) is 0 Å². The van der Waals surface area contributed by atoms with Crippen LogP contribution < -0.4 is 0 Å². The van der Waals surface area contributed by atoms with Crippen LogP contribution in [0.5, 0.6) is 0 Å². The molecule has 0 spiro atoms. The lowest BCUT2D eigenvalue weighted by Gasteiger charge is -2.14. The number of hydrogen-bond donors (Lipinski definition) is 0. The van der Waals surface area contributed by atoms with Crippen molar-refractivity contribution < 1.29 is 0 Å². The summed E-state index contributed by atoms with van der Waals surface area (Å²) >= 11 is 0. The third-order valence-electron chi connectivity index (χ3n) is 12.2. The van der Waals surface area contributed by atoms with E-state index in [4.69, 9.17) is 15.0 Å². The van der Waals surface area contributed by atoms with Crippen molar-refractivity contribution in [3.63, 3.8) is 0 Å². The Labute approximate surface area is 365 Å². The van der Waals surface area contributed by atoms with E-state index in [1.807, 2.05) is 24.3 Å². The van der Waals surface area contributed by atoms with Gasteiger partial charge in [-0.1, -0.05) is 182 Å². The highest BCUT2D eigenvalue weighted by atomic mass is 15.0. The van der Waals surface area contributed by atoms with Crippen molar-refractivity contribution in [1.29, 1.82) is 0 Å². The molecule has 0 fully saturated rings. The molecule has 4 nitrogen and oxygen atoms in total. The van der Waals surface area contributed by atoms with Crippen LogP contribution in [-0.2, 0) is 0 Å². The molecule has 0 atom stereocenters. The van der Waals surface area contributed by atoms with Gasteiger partial charge in [0, 0.05) is 49.5 Å². The maximum absolute atomic E-state index is 5.46. The van der Waals surface area contributed by atoms with Crippen LogP contribution in [0.15, 0.2) is 231 Å². The third kappa shape index (κ3) is 6.53. The van der Waals surface area contributed by atoms with E-state index in [2.05, 4.69) is 211 Å². The summed E-state index contributed by atoms with van der Waals surface area (Å²) in [5.41, 5.74) is 15.8. The van der Waals surface area contributed by atoms with E-state index in [0.717, 1.165) is 78.0 Å². The molecule has 3 aromatic heterocycles. The molecule has 294 valence electrons. The highest BCUT2D eigenvalue weighted by molar-refractivity contribution is 6.20. The van der Waals surface area contributed by atoms with Gasteiger partial charge >= 0.3 is 0 Å². The standard InChI is InChI=1S/C59H38N4/c1-5-16-39(17-6-1)44-22-15-23-46(34-44)54-38-53(61-59(62-54)43-20-9-3-10-21-43)41-30-28-40(29-31-41)45-32-33-48-50-37-57-51(36-52(50)58(60-55(48)35-45)42-18-7-2-8-19-42)49-26-13-14-27-56(49)63(57)47-24-11-4-12-25-47/h1-38H. The van der Waals surface area contributed by atoms with Crippen LogP contribution in [0.3, 0.4) is 0 Å². The quantitative estimate of drug-likeness (QED) is 0.151. The second-order valence-electron chi connectivity index (χ2n) is 16.0. The first-order valence-electron chi connectivity index (χ1n) is 21.3. The Bertz CT molecular complexity index is 3640. The van der Waals surface area contributed by atoms with Crippen molar-refractivity contribution in [1.82, 2.24) is 19.5 Å². The van der Waals surface area contributed by atoms with Gasteiger partial charge in [0.05, 0.1) is 33.6 Å². The summed E-state index contributed by atoms with van der Waals surface area (Å²) in [5.74, 6) is 0.695. The molecule has 0 amide bonds. The molecule has 12 rings (SSSR count). The van der Waals surface area contributed by atoms with Gasteiger partial charge in [0.25, 0.3) is 0 Å². The highest BCUT2D eigenvalue weighted by Gasteiger charge is 2.18. The van der Waals surface area contributed by atoms with Crippen LogP contribution in [0.1, 0.15) is 0 Å². The first-order chi connectivity index (χ1) is 31.2. The zero-order valence-electron chi connectivity index (χ0n) is 34.2. The maximum Gasteiger partial charge on any atom is 0.160 e. The summed E-state index contributed by atoms with van der Waals surface area (Å²) in [7, 11) is 0. The third-order valence-corrected chi connectivity index (χ3v) is 12.2. The molecule has 9 aromatic carbocycles. The molecule has 0 aliphatic rings. The number of benzene rings is 9. The fourth-order valence-electron chi connectivity index (χ4n) is 9.10. The number of aromatic nitrogens is 4. The van der Waals surface area contributed by atoms with Gasteiger partial charge in [-0.2, -0.15) is 0 Å². The monoisotopic (exact) mass is 802 g/mol. The zero-order chi connectivity index (χ0) is 41.7. The van der Waals surface area contributed by atoms with Crippen molar-refractivity contribution >= 4 is 43.5 Å². The molecule has 0 aliphatic heterocycles. The molecule has 4 heteroatoms. The number of hydrogen-bond acceptors (Lipinski definition) is 3. The highest BCUT2D eigenvalue weighted by Crippen LogP contribution is 2.41. The van der Waals surface area contributed by atoms with E-state index in [1.165, 1.54) is 32.8 Å². The molecule has 0 saturated carbocycles. The van der Waals surface area contributed by atoms with E-state index < -0.39 is 0 Å². The Balaban J connectivity index is 0.980. The largest absolute Gasteiger partial charge is 0.309 e. The summed E-state index contributed by atoms with van der Waals surface area (Å²) in [6, 6.07) is 81.5. The Morgan fingerprint density at radius 2 is 0.825 bits per heavy atom. The van der Waals surface area contributed by atoms with Crippen molar-refractivity contribution in [3.05, 3.63) is 231 Å². The molecule has 0 saturated heterocycles. The predicted octanol–water partition coefficient (Wildman–Crippen LogP) is 15.3. The SMILES string of the molecule is c1ccc(-c2cccc(-c3cc(-c4ccc(-c5ccc6c(c5)nc(-c5ccccc5)c5cc7c8ccccc8n(-c8ccccc8)c7cc56)cc4)nc(-c4ccccc4)n3)c2)cc1. The minimum Gasteiger partial charge on any atom is -0.309 e. The van der Waals surface area contributed by atoms with Gasteiger partial charge in [-0.15, -0.1) is 0 Å². The summed E-state index contributed by atoms with van der Waals surface area (Å²) in [6.45, 7) is 0. The Morgan fingerprint density at radius 1 is 0.270 bits per heavy atom. The minimum absolute atomic E-state index is 0.695. The predicted molar refractivity (Wildman–Crippen MR) is 262 cm³/mol. The molecular weight excluding hydrogens is 765 g/mol. The number of fused-ring (bicyclic) bond motifs is 6. The molecule has 0 aliphatic carbocycles. The Hall–Kier alpha value is -8.47. The van der Waals surface area contributed by atoms with Gasteiger partial charge in [0.2, 0.25) is 0 Å². The van der Waals surface area contributed by atoms with Gasteiger partial charge < -0.3 is 4.57 Å². The van der Waals surface area contributed by atoms with Gasteiger partial charge in [0.1, 0.15) is 0 Å². The van der Waals surface area contributed by atoms with Crippen LogP contribution in [0.4, 0.5) is 0 Å². The fraction of sp³-hybridized carbons (Fsp3) is 0. The summed E-state index contributed by atoms with van der Waals surface area (Å²) in [6.07, 6.45) is 0. The molecule has 0 unspecified atom stereocenters. The van der Waals surface area contributed by atoms with Crippen LogP contribution in [-0.4, -0.2) is 19.5 Å². The lowest BCUT2D eigenvalue weighted by atomic mass is 9.95. The molecule has 63 heavy (non-hydrogen) atoms. The number of pyridine rings is 1. The lowest BCUT2D eigenvalue weighted by Crippen LogP contribution is -1.96. The van der Waals surface area contributed by atoms with Crippen molar-refractivity contribution in [3.8, 4) is 73.1 Å². The maximum atomic E-state index is 5.46. The first kappa shape index (κ1) is 36.4. The van der Waals surface area contributed by atoms with Gasteiger partial charge in [-0.25, -0.2) is 15.0 Å².